The van der Waals surface area contributed by atoms with E-state index in [1.807, 2.05) is 17.5 Å². The molecular weight excluding hydrogens is 353 g/mol. The minimum absolute atomic E-state index is 0.0874. The molecule has 0 aliphatic rings. The summed E-state index contributed by atoms with van der Waals surface area (Å²) in [4.78, 5) is 18.3. The number of aromatic hydroxyl groups is 1. The molecule has 0 saturated heterocycles. The molecule has 130 valence electrons. The molecule has 2 N–H and O–H groups in total. The molecular formula is C19H14FN3O2S. The Morgan fingerprint density at radius 2 is 2.00 bits per heavy atom. The number of carbonyl (C=O) groups is 1. The van der Waals surface area contributed by atoms with Gasteiger partial charge in [0.1, 0.15) is 16.4 Å². The van der Waals surface area contributed by atoms with E-state index in [1.165, 1.54) is 35.6 Å². The lowest BCUT2D eigenvalue weighted by Crippen LogP contribution is -2.11. The summed E-state index contributed by atoms with van der Waals surface area (Å²) in [6.07, 6.45) is 1.83. The average molecular weight is 367 g/mol. The smallest absolute Gasteiger partial charge is 0.267 e. The molecule has 2 aromatic heterocycles. The van der Waals surface area contributed by atoms with E-state index >= 15 is 0 Å². The van der Waals surface area contributed by atoms with Crippen molar-refractivity contribution in [1.82, 2.24) is 9.38 Å². The lowest BCUT2D eigenvalue weighted by atomic mass is 10.2. The van der Waals surface area contributed by atoms with Gasteiger partial charge in [-0.1, -0.05) is 17.4 Å². The molecule has 0 spiro atoms. The fraction of sp³-hybridized carbons (Fsp3) is 0.0526. The molecule has 0 bridgehead atoms. The highest BCUT2D eigenvalue weighted by Crippen LogP contribution is 2.28. The number of aryl methyl sites for hydroxylation is 1. The Morgan fingerprint density at radius 3 is 2.69 bits per heavy atom. The van der Waals surface area contributed by atoms with E-state index in [0.717, 1.165) is 17.0 Å². The van der Waals surface area contributed by atoms with Gasteiger partial charge in [0.2, 0.25) is 0 Å². The second-order valence-corrected chi connectivity index (χ2v) is 6.78. The minimum atomic E-state index is -0.295. The van der Waals surface area contributed by atoms with Gasteiger partial charge in [0.25, 0.3) is 5.91 Å². The Hall–Kier alpha value is -3.19. The van der Waals surface area contributed by atoms with E-state index in [9.17, 15) is 14.3 Å². The maximum absolute atomic E-state index is 13.1. The number of hydrogen-bond donors (Lipinski definition) is 2. The second kappa shape index (κ2) is 6.27. The van der Waals surface area contributed by atoms with Gasteiger partial charge in [-0.25, -0.2) is 9.37 Å². The van der Waals surface area contributed by atoms with Crippen molar-refractivity contribution in [2.24, 2.45) is 0 Å². The molecule has 0 atom stereocenters. The van der Waals surface area contributed by atoms with Gasteiger partial charge >= 0.3 is 0 Å². The van der Waals surface area contributed by atoms with E-state index in [2.05, 4.69) is 10.3 Å². The van der Waals surface area contributed by atoms with Gasteiger partial charge in [-0.2, -0.15) is 0 Å². The Balaban J connectivity index is 1.65. The Morgan fingerprint density at radius 1 is 1.23 bits per heavy atom. The Bertz CT molecular complexity index is 1120. The molecule has 5 nitrogen and oxygen atoms in total. The maximum atomic E-state index is 13.1. The van der Waals surface area contributed by atoms with Crippen LogP contribution in [0.2, 0.25) is 0 Å². The highest BCUT2D eigenvalue weighted by atomic mass is 32.1. The summed E-state index contributed by atoms with van der Waals surface area (Å²) in [5.74, 6) is -0.465. The predicted octanol–water partition coefficient (Wildman–Crippen LogP) is 4.47. The fourth-order valence-corrected chi connectivity index (χ4v) is 3.70. The van der Waals surface area contributed by atoms with Crippen molar-refractivity contribution in [2.75, 3.05) is 5.32 Å². The Kier molecular flexibility index (Phi) is 3.93. The minimum Gasteiger partial charge on any atom is -0.508 e. The average Bonchev–Trinajstić information content (AvgIpc) is 3.15. The van der Waals surface area contributed by atoms with Crippen LogP contribution in [0.3, 0.4) is 0 Å². The van der Waals surface area contributed by atoms with E-state index < -0.39 is 0 Å². The van der Waals surface area contributed by atoms with Crippen LogP contribution in [-0.2, 0) is 0 Å². The van der Waals surface area contributed by atoms with Crippen LogP contribution < -0.4 is 5.32 Å². The van der Waals surface area contributed by atoms with Gasteiger partial charge in [-0.15, -0.1) is 0 Å². The summed E-state index contributed by atoms with van der Waals surface area (Å²) < 4.78 is 14.9. The number of carbonyl (C=O) groups excluding carboxylic acids is 1. The van der Waals surface area contributed by atoms with E-state index in [4.69, 9.17) is 0 Å². The molecule has 0 saturated carbocycles. The fourth-order valence-electron chi connectivity index (χ4n) is 2.69. The zero-order chi connectivity index (χ0) is 18.3. The van der Waals surface area contributed by atoms with Crippen molar-refractivity contribution in [3.05, 3.63) is 71.1 Å². The maximum Gasteiger partial charge on any atom is 0.267 e. The van der Waals surface area contributed by atoms with Crippen LogP contribution in [0.5, 0.6) is 5.75 Å². The molecule has 0 aliphatic heterocycles. The van der Waals surface area contributed by atoms with Crippen molar-refractivity contribution in [3.8, 4) is 17.0 Å². The largest absolute Gasteiger partial charge is 0.508 e. The van der Waals surface area contributed by atoms with E-state index in [0.29, 0.717) is 15.5 Å². The van der Waals surface area contributed by atoms with Crippen molar-refractivity contribution < 1.29 is 14.3 Å². The highest BCUT2D eigenvalue weighted by Gasteiger charge is 2.18. The SMILES string of the molecule is Cc1c(C(=O)Nc2cccc(O)c2)sc2nc(-c3ccc(F)cc3)cn12. The number of rotatable bonds is 3. The standard InChI is InChI=1S/C19H14FN3O2S/c1-11-17(18(25)21-14-3-2-4-15(24)9-14)26-19-22-16(10-23(11)19)12-5-7-13(20)8-6-12/h2-10,24H,1H3,(H,21,25). The van der Waals surface area contributed by atoms with Crippen LogP contribution in [0.4, 0.5) is 10.1 Å². The number of benzene rings is 2. The van der Waals surface area contributed by atoms with Crippen LogP contribution in [0, 0.1) is 12.7 Å². The van der Waals surface area contributed by atoms with Crippen molar-refractivity contribution in [1.29, 1.82) is 0 Å². The van der Waals surface area contributed by atoms with Crippen LogP contribution >= 0.6 is 11.3 Å². The van der Waals surface area contributed by atoms with Gasteiger partial charge in [-0.05, 0) is 43.3 Å². The van der Waals surface area contributed by atoms with E-state index in [1.54, 1.807) is 24.3 Å². The number of hydrogen-bond acceptors (Lipinski definition) is 4. The summed E-state index contributed by atoms with van der Waals surface area (Å²) in [6, 6.07) is 12.5. The number of phenols is 1. The molecule has 0 radical (unpaired) electrons. The first-order chi connectivity index (χ1) is 12.5. The molecule has 1 amide bonds. The molecule has 0 fully saturated rings. The summed E-state index contributed by atoms with van der Waals surface area (Å²) in [5.41, 5.74) is 2.82. The molecule has 4 aromatic rings. The first kappa shape index (κ1) is 16.3. The lowest BCUT2D eigenvalue weighted by molar-refractivity contribution is 0.102. The number of thiazole rings is 1. The molecule has 0 unspecified atom stereocenters. The topological polar surface area (TPSA) is 66.6 Å². The number of imidazole rings is 1. The first-order valence-electron chi connectivity index (χ1n) is 7.86. The first-order valence-corrected chi connectivity index (χ1v) is 8.68. The van der Waals surface area contributed by atoms with Crippen molar-refractivity contribution in [3.63, 3.8) is 0 Å². The van der Waals surface area contributed by atoms with Gasteiger partial charge < -0.3 is 10.4 Å². The molecule has 26 heavy (non-hydrogen) atoms. The van der Waals surface area contributed by atoms with Gasteiger partial charge in [0.05, 0.1) is 5.69 Å². The number of nitrogens with zero attached hydrogens (tertiary/aromatic N) is 2. The number of fused-ring (bicyclic) bond motifs is 1. The quantitative estimate of drug-likeness (QED) is 0.561. The van der Waals surface area contributed by atoms with E-state index in [-0.39, 0.29) is 17.5 Å². The monoisotopic (exact) mass is 367 g/mol. The number of aromatic nitrogens is 2. The zero-order valence-corrected chi connectivity index (χ0v) is 14.5. The molecule has 2 aromatic carbocycles. The van der Waals surface area contributed by atoms with Crippen LogP contribution in [0.1, 0.15) is 15.4 Å². The summed E-state index contributed by atoms with van der Waals surface area (Å²) >= 11 is 1.28. The summed E-state index contributed by atoms with van der Waals surface area (Å²) in [5, 5.41) is 12.3. The number of phenolic OH excluding ortho intramolecular Hbond substituents is 1. The molecule has 2 heterocycles. The number of halogens is 1. The third-order valence-electron chi connectivity index (χ3n) is 4.01. The van der Waals surface area contributed by atoms with Gasteiger partial charge in [0, 0.05) is 29.2 Å². The summed E-state index contributed by atoms with van der Waals surface area (Å²) in [6.45, 7) is 1.84. The third kappa shape index (κ3) is 2.93. The Labute approximate surface area is 152 Å². The zero-order valence-electron chi connectivity index (χ0n) is 13.7. The van der Waals surface area contributed by atoms with Crippen LogP contribution in [-0.4, -0.2) is 20.4 Å². The number of amides is 1. The van der Waals surface area contributed by atoms with Crippen molar-refractivity contribution >= 4 is 27.9 Å². The lowest BCUT2D eigenvalue weighted by Gasteiger charge is -2.04. The number of anilines is 1. The number of nitrogens with one attached hydrogen (secondary N) is 1. The van der Waals surface area contributed by atoms with Gasteiger partial charge in [-0.3, -0.25) is 9.20 Å². The highest BCUT2D eigenvalue weighted by molar-refractivity contribution is 7.19. The molecule has 7 heteroatoms. The van der Waals surface area contributed by atoms with Crippen LogP contribution in [0.25, 0.3) is 16.2 Å². The van der Waals surface area contributed by atoms with Gasteiger partial charge in [0.15, 0.2) is 4.96 Å². The predicted molar refractivity (Wildman–Crippen MR) is 99.3 cm³/mol. The normalized spacial score (nSPS) is 11.0. The van der Waals surface area contributed by atoms with Crippen LogP contribution in [0.15, 0.2) is 54.7 Å². The molecule has 0 aliphatic carbocycles. The second-order valence-electron chi connectivity index (χ2n) is 5.81. The third-order valence-corrected chi connectivity index (χ3v) is 5.16. The molecule has 4 rings (SSSR count). The van der Waals surface area contributed by atoms with Crippen molar-refractivity contribution in [2.45, 2.75) is 6.92 Å². The summed E-state index contributed by atoms with van der Waals surface area (Å²) in [7, 11) is 0.